The monoisotopic (exact) mass is 359 g/mol. The molecule has 0 unspecified atom stereocenters. The number of hydrogen-bond donors (Lipinski definition) is 1. The van der Waals surface area contributed by atoms with Gasteiger partial charge in [-0.15, -0.1) is 0 Å². The Morgan fingerprint density at radius 1 is 1.00 bits per heavy atom. The normalized spacial score (nSPS) is 36.7. The van der Waals surface area contributed by atoms with Crippen LogP contribution in [0.3, 0.4) is 0 Å². The molecule has 0 atom stereocenters. The van der Waals surface area contributed by atoms with E-state index in [0.717, 1.165) is 19.3 Å². The van der Waals surface area contributed by atoms with Crippen molar-refractivity contribution in [1.29, 1.82) is 0 Å². The molecule has 0 radical (unpaired) electrons. The van der Waals surface area contributed by atoms with Gasteiger partial charge in [-0.25, -0.2) is 13.1 Å². The van der Waals surface area contributed by atoms with E-state index in [1.807, 2.05) is 0 Å². The highest BCUT2D eigenvalue weighted by Gasteiger charge is 2.52. The van der Waals surface area contributed by atoms with Gasteiger partial charge in [-0.05, 0) is 74.5 Å². The van der Waals surface area contributed by atoms with Crippen LogP contribution in [0, 0.1) is 17.8 Å². The molecule has 0 aliphatic heterocycles. The molecular formula is C16H19Cl2NO2S. The van der Waals surface area contributed by atoms with Gasteiger partial charge in [-0.2, -0.15) is 0 Å². The van der Waals surface area contributed by atoms with Gasteiger partial charge in [-0.3, -0.25) is 0 Å². The molecule has 4 fully saturated rings. The Morgan fingerprint density at radius 2 is 1.55 bits per heavy atom. The lowest BCUT2D eigenvalue weighted by molar-refractivity contribution is -0.00810. The topological polar surface area (TPSA) is 46.2 Å². The molecule has 0 spiro atoms. The van der Waals surface area contributed by atoms with Crippen molar-refractivity contribution in [2.45, 2.75) is 49.0 Å². The van der Waals surface area contributed by atoms with Gasteiger partial charge in [-0.1, -0.05) is 23.2 Å². The van der Waals surface area contributed by atoms with E-state index in [4.69, 9.17) is 23.2 Å². The zero-order valence-corrected chi connectivity index (χ0v) is 14.5. The van der Waals surface area contributed by atoms with Gasteiger partial charge in [0.25, 0.3) is 0 Å². The first kappa shape index (κ1) is 15.3. The summed E-state index contributed by atoms with van der Waals surface area (Å²) in [6, 6.07) is 4.58. The Morgan fingerprint density at radius 3 is 2.09 bits per heavy atom. The fraction of sp³-hybridized carbons (Fsp3) is 0.625. The van der Waals surface area contributed by atoms with Gasteiger partial charge in [0.2, 0.25) is 10.0 Å². The number of sulfonamides is 1. The van der Waals surface area contributed by atoms with Crippen LogP contribution >= 0.6 is 23.2 Å². The van der Waals surface area contributed by atoms with Gasteiger partial charge in [0.05, 0.1) is 5.02 Å². The van der Waals surface area contributed by atoms with Crippen molar-refractivity contribution in [2.24, 2.45) is 17.8 Å². The standard InChI is InChI=1S/C16H19Cl2NO2S/c17-13-1-2-14(18)15(6-13)22(20,21)19-16-7-10-3-11(8-16)5-12(4-10)9-16/h1-2,6,10-12,19H,3-5,7-9H2. The van der Waals surface area contributed by atoms with Gasteiger partial charge in [0.1, 0.15) is 4.90 Å². The number of hydrogen-bond acceptors (Lipinski definition) is 2. The van der Waals surface area contributed by atoms with Crippen molar-refractivity contribution < 1.29 is 8.42 Å². The Kier molecular flexibility index (Phi) is 3.54. The summed E-state index contributed by atoms with van der Waals surface area (Å²) in [6.07, 6.45) is 6.74. The van der Waals surface area contributed by atoms with Crippen molar-refractivity contribution in [3.63, 3.8) is 0 Å². The number of rotatable bonds is 3. The summed E-state index contributed by atoms with van der Waals surface area (Å²) in [5.74, 6) is 2.05. The largest absolute Gasteiger partial charge is 0.242 e. The predicted octanol–water partition coefficient (Wildman–Crippen LogP) is 4.24. The Hall–Kier alpha value is -0.290. The Bertz CT molecular complexity index is 682. The minimum Gasteiger partial charge on any atom is -0.207 e. The maximum absolute atomic E-state index is 12.8. The molecule has 0 heterocycles. The first-order chi connectivity index (χ1) is 10.4. The van der Waals surface area contributed by atoms with Crippen molar-refractivity contribution >= 4 is 33.2 Å². The average molecular weight is 360 g/mol. The third kappa shape index (κ3) is 2.58. The molecule has 3 nitrogen and oxygen atoms in total. The van der Waals surface area contributed by atoms with Crippen LogP contribution in [0.1, 0.15) is 38.5 Å². The van der Waals surface area contributed by atoms with Crippen LogP contribution in [0.15, 0.2) is 23.1 Å². The van der Waals surface area contributed by atoms with Crippen LogP contribution < -0.4 is 4.72 Å². The second-order valence-electron chi connectivity index (χ2n) is 7.38. The molecule has 4 saturated carbocycles. The van der Waals surface area contributed by atoms with Crippen LogP contribution in [0.4, 0.5) is 0 Å². The van der Waals surface area contributed by atoms with E-state index < -0.39 is 10.0 Å². The maximum Gasteiger partial charge on any atom is 0.242 e. The summed E-state index contributed by atoms with van der Waals surface area (Å²) < 4.78 is 28.7. The summed E-state index contributed by atoms with van der Waals surface area (Å²) in [4.78, 5) is 0.0948. The van der Waals surface area contributed by atoms with Gasteiger partial charge < -0.3 is 0 Å². The molecule has 4 aliphatic carbocycles. The maximum atomic E-state index is 12.8. The SMILES string of the molecule is O=S(=O)(NC12CC3CC(CC(C3)C1)C2)c1cc(Cl)ccc1Cl. The number of nitrogens with one attached hydrogen (secondary N) is 1. The van der Waals surface area contributed by atoms with Crippen molar-refractivity contribution in [3.05, 3.63) is 28.2 Å². The summed E-state index contributed by atoms with van der Waals surface area (Å²) in [5, 5.41) is 0.608. The molecule has 5 rings (SSSR count). The number of benzene rings is 1. The van der Waals surface area contributed by atoms with E-state index >= 15 is 0 Å². The lowest BCUT2D eigenvalue weighted by Gasteiger charge is -2.56. The van der Waals surface area contributed by atoms with Gasteiger partial charge in [0.15, 0.2) is 0 Å². The van der Waals surface area contributed by atoms with Crippen molar-refractivity contribution in [1.82, 2.24) is 4.72 Å². The Labute approximate surface area is 141 Å². The molecule has 120 valence electrons. The molecule has 22 heavy (non-hydrogen) atoms. The fourth-order valence-corrected chi connectivity index (χ4v) is 7.45. The van der Waals surface area contributed by atoms with Gasteiger partial charge >= 0.3 is 0 Å². The zero-order chi connectivity index (χ0) is 15.5. The molecule has 0 aromatic heterocycles. The highest BCUT2D eigenvalue weighted by atomic mass is 35.5. The molecular weight excluding hydrogens is 341 g/mol. The molecule has 4 bridgehead atoms. The number of halogens is 2. The quantitative estimate of drug-likeness (QED) is 0.876. The molecule has 0 saturated heterocycles. The summed E-state index contributed by atoms with van der Waals surface area (Å²) in [7, 11) is -3.64. The minimum absolute atomic E-state index is 0.0948. The van der Waals surface area contributed by atoms with Gasteiger partial charge in [0, 0.05) is 10.6 Å². The van der Waals surface area contributed by atoms with Crippen molar-refractivity contribution in [2.75, 3.05) is 0 Å². The third-order valence-electron chi connectivity index (χ3n) is 5.57. The van der Waals surface area contributed by atoms with E-state index in [1.54, 1.807) is 6.07 Å². The van der Waals surface area contributed by atoms with E-state index in [-0.39, 0.29) is 15.5 Å². The highest BCUT2D eigenvalue weighted by molar-refractivity contribution is 7.89. The Balaban J connectivity index is 1.66. The summed E-state index contributed by atoms with van der Waals surface area (Å²) in [6.45, 7) is 0. The first-order valence-electron chi connectivity index (χ1n) is 7.84. The molecule has 4 aliphatic rings. The van der Waals surface area contributed by atoms with E-state index in [2.05, 4.69) is 4.72 Å². The van der Waals surface area contributed by atoms with E-state index in [1.165, 1.54) is 31.4 Å². The second kappa shape index (κ2) is 5.10. The summed E-state index contributed by atoms with van der Waals surface area (Å²) in [5.41, 5.74) is -0.265. The van der Waals surface area contributed by atoms with Crippen LogP contribution in [0.25, 0.3) is 0 Å². The summed E-state index contributed by atoms with van der Waals surface area (Å²) >= 11 is 12.0. The first-order valence-corrected chi connectivity index (χ1v) is 10.1. The fourth-order valence-electron chi connectivity index (χ4n) is 5.26. The molecule has 0 amide bonds. The lowest BCUT2D eigenvalue weighted by atomic mass is 9.53. The minimum atomic E-state index is -3.64. The lowest BCUT2D eigenvalue weighted by Crippen LogP contribution is -2.59. The highest BCUT2D eigenvalue weighted by Crippen LogP contribution is 2.56. The van der Waals surface area contributed by atoms with Crippen molar-refractivity contribution in [3.8, 4) is 0 Å². The van der Waals surface area contributed by atoms with Crippen LogP contribution in [-0.4, -0.2) is 14.0 Å². The zero-order valence-electron chi connectivity index (χ0n) is 12.2. The van der Waals surface area contributed by atoms with Crippen LogP contribution in [0.2, 0.25) is 10.0 Å². The average Bonchev–Trinajstić information content (AvgIpc) is 2.38. The molecule has 1 aromatic rings. The van der Waals surface area contributed by atoms with E-state index in [0.29, 0.717) is 22.8 Å². The predicted molar refractivity (Wildman–Crippen MR) is 87.7 cm³/mol. The van der Waals surface area contributed by atoms with Crippen LogP contribution in [-0.2, 0) is 10.0 Å². The molecule has 6 heteroatoms. The second-order valence-corrected chi connectivity index (χ2v) is 9.87. The van der Waals surface area contributed by atoms with E-state index in [9.17, 15) is 8.42 Å². The molecule has 1 aromatic carbocycles. The third-order valence-corrected chi connectivity index (χ3v) is 7.87. The molecule has 1 N–H and O–H groups in total. The van der Waals surface area contributed by atoms with Crippen LogP contribution in [0.5, 0.6) is 0 Å². The smallest absolute Gasteiger partial charge is 0.207 e.